The highest BCUT2D eigenvalue weighted by molar-refractivity contribution is 5.84. The van der Waals surface area contributed by atoms with Crippen LogP contribution in [0.25, 0.3) is 4.85 Å². The molecule has 3 N–H and O–H groups in total. The average molecular weight is 331 g/mol. The fourth-order valence-electron chi connectivity index (χ4n) is 6.93. The summed E-state index contributed by atoms with van der Waals surface area (Å²) in [5, 5.41) is 10.9. The van der Waals surface area contributed by atoms with Crippen molar-refractivity contribution >= 4 is 5.91 Å². The van der Waals surface area contributed by atoms with Gasteiger partial charge in [0.05, 0.1) is 11.6 Å². The summed E-state index contributed by atoms with van der Waals surface area (Å²) in [5.41, 5.74) is 5.73. The quantitative estimate of drug-likeness (QED) is 0.762. The molecule has 24 heavy (non-hydrogen) atoms. The monoisotopic (exact) mass is 331 g/mol. The molecule has 5 heteroatoms. The smallest absolute Gasteiger partial charge is 0.301 e. The second kappa shape index (κ2) is 4.95. The third-order valence-electron chi connectivity index (χ3n) is 7.48. The first kappa shape index (κ1) is 16.4. The Hall–Kier alpha value is -1.12. The lowest BCUT2D eigenvalue weighted by molar-refractivity contribution is -0.177. The third kappa shape index (κ3) is 2.09. The van der Waals surface area contributed by atoms with Crippen molar-refractivity contribution in [2.24, 2.45) is 28.9 Å². The molecule has 132 valence electrons. The Bertz CT molecular complexity index is 598. The molecule has 1 aliphatic heterocycles. The lowest BCUT2D eigenvalue weighted by atomic mass is 9.46. The minimum Gasteiger partial charge on any atom is -0.390 e. The van der Waals surface area contributed by atoms with Crippen molar-refractivity contribution < 1.29 is 9.90 Å². The number of hydrogen-bond donors (Lipinski definition) is 2. The van der Waals surface area contributed by atoms with Crippen LogP contribution in [0.15, 0.2) is 0 Å². The highest BCUT2D eigenvalue weighted by Gasteiger charge is 2.63. The highest BCUT2D eigenvalue weighted by atomic mass is 16.3. The van der Waals surface area contributed by atoms with Crippen molar-refractivity contribution in [1.82, 2.24) is 4.90 Å². The second-order valence-electron chi connectivity index (χ2n) is 9.18. The van der Waals surface area contributed by atoms with Crippen molar-refractivity contribution in [3.8, 4) is 0 Å². The van der Waals surface area contributed by atoms with E-state index in [4.69, 9.17) is 12.3 Å². The molecule has 0 aromatic rings. The zero-order chi connectivity index (χ0) is 16.0. The number of nitrogens with zero attached hydrogens (tertiary/aromatic N) is 2. The molecular weight excluding hydrogens is 302 g/mol. The number of aliphatic hydroxyl groups is 1. The van der Waals surface area contributed by atoms with E-state index in [0.29, 0.717) is 24.2 Å². The largest absolute Gasteiger partial charge is 0.390 e. The molecule has 5 nitrogen and oxygen atoms in total. The van der Waals surface area contributed by atoms with Gasteiger partial charge in [-0.25, -0.2) is 6.57 Å². The molecule has 6 rings (SSSR count). The van der Waals surface area contributed by atoms with E-state index in [-0.39, 0.29) is 31.0 Å². The van der Waals surface area contributed by atoms with Gasteiger partial charge in [-0.3, -0.25) is 14.5 Å². The molecule has 5 aliphatic carbocycles. The topological polar surface area (TPSA) is 70.9 Å². The number of amides is 1. The fourth-order valence-corrected chi connectivity index (χ4v) is 6.93. The van der Waals surface area contributed by atoms with Gasteiger partial charge in [-0.2, -0.15) is 0 Å². The van der Waals surface area contributed by atoms with E-state index in [2.05, 4.69) is 4.85 Å². The number of rotatable bonds is 2. The predicted octanol–water partition coefficient (Wildman–Crippen LogP) is 2.15. The molecule has 0 aromatic heterocycles. The maximum atomic E-state index is 13.1. The van der Waals surface area contributed by atoms with E-state index in [0.717, 1.165) is 38.5 Å². The van der Waals surface area contributed by atoms with Gasteiger partial charge in [-0.05, 0) is 68.1 Å². The van der Waals surface area contributed by atoms with Crippen LogP contribution in [0, 0.1) is 29.7 Å². The van der Waals surface area contributed by atoms with Gasteiger partial charge in [0.15, 0.2) is 0 Å². The molecule has 6 atom stereocenters. The lowest BCUT2D eigenvalue weighted by Gasteiger charge is -2.61. The van der Waals surface area contributed by atoms with Crippen molar-refractivity contribution in [1.29, 1.82) is 0 Å². The SMILES string of the molecule is C.[C-]#[N+][C@@H]1C[C@@H]2C[C@@H]2N1C(=O)C(N)C12CC3CC(CC(O)(C3)C1)C2. The van der Waals surface area contributed by atoms with Crippen molar-refractivity contribution in [2.45, 2.75) is 82.6 Å². The van der Waals surface area contributed by atoms with E-state index in [9.17, 15) is 9.90 Å². The molecule has 1 heterocycles. The summed E-state index contributed by atoms with van der Waals surface area (Å²) in [4.78, 5) is 18.6. The fraction of sp³-hybridized carbons (Fsp3) is 0.895. The molecule has 1 saturated heterocycles. The summed E-state index contributed by atoms with van der Waals surface area (Å²) < 4.78 is 0. The predicted molar refractivity (Wildman–Crippen MR) is 90.5 cm³/mol. The van der Waals surface area contributed by atoms with Gasteiger partial charge >= 0.3 is 6.17 Å². The molecule has 1 amide bonds. The van der Waals surface area contributed by atoms with Gasteiger partial charge in [0.2, 0.25) is 5.91 Å². The van der Waals surface area contributed by atoms with Crippen molar-refractivity contribution in [2.75, 3.05) is 0 Å². The Morgan fingerprint density at radius 3 is 2.46 bits per heavy atom. The molecule has 3 unspecified atom stereocenters. The zero-order valence-electron chi connectivity index (χ0n) is 13.4. The van der Waals surface area contributed by atoms with Gasteiger partial charge in [0.25, 0.3) is 0 Å². The van der Waals surface area contributed by atoms with Crippen molar-refractivity contribution in [3.63, 3.8) is 0 Å². The number of piperidine rings is 1. The highest BCUT2D eigenvalue weighted by Crippen LogP contribution is 2.63. The van der Waals surface area contributed by atoms with Crippen LogP contribution in [0.1, 0.15) is 58.8 Å². The van der Waals surface area contributed by atoms with Crippen LogP contribution >= 0.6 is 0 Å². The van der Waals surface area contributed by atoms with E-state index >= 15 is 0 Å². The van der Waals surface area contributed by atoms with Crippen LogP contribution in [-0.4, -0.2) is 39.8 Å². The van der Waals surface area contributed by atoms with Gasteiger partial charge in [-0.1, -0.05) is 7.43 Å². The normalized spacial score (nSPS) is 51.5. The second-order valence-corrected chi connectivity index (χ2v) is 9.18. The number of nitrogens with two attached hydrogens (primary N) is 1. The van der Waals surface area contributed by atoms with E-state index in [1.165, 1.54) is 6.42 Å². The van der Waals surface area contributed by atoms with Gasteiger partial charge < -0.3 is 10.8 Å². The first-order chi connectivity index (χ1) is 10.9. The average Bonchev–Trinajstić information content (AvgIpc) is 3.14. The van der Waals surface area contributed by atoms with E-state index < -0.39 is 11.6 Å². The summed E-state index contributed by atoms with van der Waals surface area (Å²) >= 11 is 0. The molecule has 0 aromatic carbocycles. The van der Waals surface area contributed by atoms with Crippen LogP contribution in [0.3, 0.4) is 0 Å². The number of likely N-dealkylation sites (tertiary alicyclic amines) is 1. The summed E-state index contributed by atoms with van der Waals surface area (Å²) in [6, 6.07) is -0.270. The van der Waals surface area contributed by atoms with Crippen LogP contribution in [0.5, 0.6) is 0 Å². The van der Waals surface area contributed by atoms with Gasteiger partial charge in [0.1, 0.15) is 0 Å². The first-order valence-corrected chi connectivity index (χ1v) is 9.10. The summed E-state index contributed by atoms with van der Waals surface area (Å²) in [7, 11) is 0. The van der Waals surface area contributed by atoms with Crippen LogP contribution < -0.4 is 5.73 Å². The van der Waals surface area contributed by atoms with Crippen LogP contribution in [-0.2, 0) is 4.79 Å². The molecular formula is C19H29N3O2. The lowest BCUT2D eigenvalue weighted by Crippen LogP contribution is -2.64. The maximum absolute atomic E-state index is 13.1. The Morgan fingerprint density at radius 1 is 1.21 bits per heavy atom. The molecule has 5 saturated carbocycles. The molecule has 0 spiro atoms. The van der Waals surface area contributed by atoms with E-state index in [1.807, 2.05) is 4.90 Å². The van der Waals surface area contributed by atoms with E-state index in [1.54, 1.807) is 0 Å². The zero-order valence-corrected chi connectivity index (χ0v) is 13.4. The van der Waals surface area contributed by atoms with Gasteiger partial charge in [-0.15, -0.1) is 0 Å². The first-order valence-electron chi connectivity index (χ1n) is 9.10. The number of carbonyl (C=O) groups excluding carboxylic acids is 1. The Balaban J connectivity index is 0.00000146. The maximum Gasteiger partial charge on any atom is 0.301 e. The minimum absolute atomic E-state index is 0. The third-order valence-corrected chi connectivity index (χ3v) is 7.48. The Labute approximate surface area is 144 Å². The number of fused-ring (bicyclic) bond motifs is 1. The molecule has 4 bridgehead atoms. The molecule has 6 aliphatic rings. The summed E-state index contributed by atoms with van der Waals surface area (Å²) in [6.07, 6.45) is 7.23. The number of carbonyl (C=O) groups is 1. The number of hydrogen-bond acceptors (Lipinski definition) is 3. The molecule has 6 fully saturated rings. The summed E-state index contributed by atoms with van der Waals surface area (Å²) in [6.45, 7) is 7.38. The Kier molecular flexibility index (Phi) is 3.38. The van der Waals surface area contributed by atoms with Crippen LogP contribution in [0.2, 0.25) is 0 Å². The summed E-state index contributed by atoms with van der Waals surface area (Å²) in [5.74, 6) is 1.58. The Morgan fingerprint density at radius 2 is 1.88 bits per heavy atom. The minimum atomic E-state index is -0.589. The standard InChI is InChI=1S/C18H25N3O2.CH4/c1-20-14-4-12-3-13(12)21(14)16(22)15(19)17-5-10-2-11(6-17)8-18(23,7-10)9-17;/h10-15,23H,2-9,19H2;1H4/t10?,11?,12-,13-,14-,15?,17?,18?;/m0./s1. The van der Waals surface area contributed by atoms with Gasteiger partial charge in [0, 0.05) is 12.5 Å². The molecule has 0 radical (unpaired) electrons. The van der Waals surface area contributed by atoms with Crippen LogP contribution in [0.4, 0.5) is 0 Å². The van der Waals surface area contributed by atoms with Crippen molar-refractivity contribution in [3.05, 3.63) is 11.4 Å².